The zero-order valence-corrected chi connectivity index (χ0v) is 8.52. The van der Waals surface area contributed by atoms with Gasteiger partial charge >= 0.3 is 0 Å². The summed E-state index contributed by atoms with van der Waals surface area (Å²) in [5.41, 5.74) is 0. The van der Waals surface area contributed by atoms with Gasteiger partial charge in [0.05, 0.1) is 0 Å². The number of hydrogen-bond acceptors (Lipinski definition) is 2. The second-order valence-electron chi connectivity index (χ2n) is 4.56. The van der Waals surface area contributed by atoms with E-state index in [4.69, 9.17) is 0 Å². The van der Waals surface area contributed by atoms with Crippen molar-refractivity contribution in [2.75, 3.05) is 13.1 Å². The smallest absolute Gasteiger partial charge is 0.0319 e. The van der Waals surface area contributed by atoms with Crippen LogP contribution in [0.15, 0.2) is 0 Å². The van der Waals surface area contributed by atoms with Crippen LogP contribution in [0.5, 0.6) is 0 Å². The maximum Gasteiger partial charge on any atom is 0.0319 e. The van der Waals surface area contributed by atoms with Crippen LogP contribution < -0.4 is 10.6 Å². The summed E-state index contributed by atoms with van der Waals surface area (Å²) >= 11 is 0. The van der Waals surface area contributed by atoms with Crippen LogP contribution in [0.4, 0.5) is 0 Å². The molecule has 1 aliphatic heterocycles. The maximum atomic E-state index is 3.76. The van der Waals surface area contributed by atoms with Crippen LogP contribution in [0.25, 0.3) is 0 Å². The summed E-state index contributed by atoms with van der Waals surface area (Å²) < 4.78 is 0. The molecule has 13 heavy (non-hydrogen) atoms. The fraction of sp³-hybridized carbons (Fsp3) is 1.00. The Bertz CT molecular complexity index is 135. The highest BCUT2D eigenvalue weighted by molar-refractivity contribution is 4.85. The van der Waals surface area contributed by atoms with Crippen molar-refractivity contribution >= 4 is 0 Å². The fourth-order valence-electron chi connectivity index (χ4n) is 2.36. The van der Waals surface area contributed by atoms with Gasteiger partial charge in [0.2, 0.25) is 0 Å². The zero-order chi connectivity index (χ0) is 8.93. The molecule has 0 amide bonds. The van der Waals surface area contributed by atoms with Crippen molar-refractivity contribution in [3.63, 3.8) is 0 Å². The Labute approximate surface area is 81.5 Å². The van der Waals surface area contributed by atoms with E-state index in [1.54, 1.807) is 0 Å². The van der Waals surface area contributed by atoms with Gasteiger partial charge in [0.1, 0.15) is 0 Å². The van der Waals surface area contributed by atoms with Crippen LogP contribution in [0.1, 0.15) is 44.9 Å². The number of nitrogens with one attached hydrogen (secondary N) is 2. The average Bonchev–Trinajstić information content (AvgIpc) is 1.99. The molecule has 2 rings (SSSR count). The lowest BCUT2D eigenvalue weighted by Crippen LogP contribution is -2.58. The van der Waals surface area contributed by atoms with Crippen molar-refractivity contribution < 1.29 is 0 Å². The molecule has 2 fully saturated rings. The molecule has 0 radical (unpaired) electrons. The van der Waals surface area contributed by atoms with Gasteiger partial charge in [0.15, 0.2) is 0 Å². The van der Waals surface area contributed by atoms with Crippen LogP contribution in [-0.4, -0.2) is 25.2 Å². The van der Waals surface area contributed by atoms with Gasteiger partial charge in [0.25, 0.3) is 0 Å². The molecule has 1 saturated heterocycles. The first kappa shape index (κ1) is 9.47. The molecule has 76 valence electrons. The minimum Gasteiger partial charge on any atom is -0.314 e. The van der Waals surface area contributed by atoms with Gasteiger partial charge in [-0.3, -0.25) is 0 Å². The highest BCUT2D eigenvalue weighted by atomic mass is 15.1. The van der Waals surface area contributed by atoms with Crippen molar-refractivity contribution in [2.45, 2.75) is 57.0 Å². The van der Waals surface area contributed by atoms with E-state index in [-0.39, 0.29) is 0 Å². The SMILES string of the molecule is C1CCCC(NC2CNC2)CCC1. The average molecular weight is 182 g/mol. The summed E-state index contributed by atoms with van der Waals surface area (Å²) in [6.07, 6.45) is 10.1. The van der Waals surface area contributed by atoms with E-state index in [1.165, 1.54) is 58.0 Å². The lowest BCUT2D eigenvalue weighted by Gasteiger charge is -2.33. The lowest BCUT2D eigenvalue weighted by molar-refractivity contribution is 0.293. The van der Waals surface area contributed by atoms with Gasteiger partial charge in [-0.25, -0.2) is 0 Å². The Morgan fingerprint density at radius 2 is 1.38 bits per heavy atom. The van der Waals surface area contributed by atoms with E-state index in [0.717, 1.165) is 12.1 Å². The maximum absolute atomic E-state index is 3.76. The normalized spacial score (nSPS) is 27.7. The van der Waals surface area contributed by atoms with Crippen LogP contribution in [0, 0.1) is 0 Å². The molecule has 1 aliphatic carbocycles. The molecule has 0 aromatic rings. The van der Waals surface area contributed by atoms with Crippen molar-refractivity contribution in [2.24, 2.45) is 0 Å². The van der Waals surface area contributed by atoms with Crippen molar-refractivity contribution in [3.05, 3.63) is 0 Å². The summed E-state index contributed by atoms with van der Waals surface area (Å²) in [6, 6.07) is 1.61. The highest BCUT2D eigenvalue weighted by Crippen LogP contribution is 2.17. The third-order valence-corrected chi connectivity index (χ3v) is 3.36. The molecule has 2 N–H and O–H groups in total. The summed E-state index contributed by atoms with van der Waals surface area (Å²) in [4.78, 5) is 0. The van der Waals surface area contributed by atoms with Crippen molar-refractivity contribution in [1.82, 2.24) is 10.6 Å². The van der Waals surface area contributed by atoms with E-state index >= 15 is 0 Å². The molecule has 2 nitrogen and oxygen atoms in total. The van der Waals surface area contributed by atoms with Crippen LogP contribution in [-0.2, 0) is 0 Å². The van der Waals surface area contributed by atoms with E-state index in [9.17, 15) is 0 Å². The minimum atomic E-state index is 0.782. The predicted octanol–water partition coefficient (Wildman–Crippen LogP) is 1.66. The van der Waals surface area contributed by atoms with E-state index in [0.29, 0.717) is 0 Å². The third kappa shape index (κ3) is 2.96. The Hall–Kier alpha value is -0.0800. The second-order valence-corrected chi connectivity index (χ2v) is 4.56. The molecule has 2 aliphatic rings. The first-order chi connectivity index (χ1) is 6.45. The second kappa shape index (κ2) is 4.97. The monoisotopic (exact) mass is 182 g/mol. The summed E-state index contributed by atoms with van der Waals surface area (Å²) in [7, 11) is 0. The van der Waals surface area contributed by atoms with Gasteiger partial charge in [-0.15, -0.1) is 0 Å². The quantitative estimate of drug-likeness (QED) is 0.678. The van der Waals surface area contributed by atoms with Gasteiger partial charge in [0, 0.05) is 25.2 Å². The molecular weight excluding hydrogens is 160 g/mol. The Balaban J connectivity index is 1.68. The first-order valence-corrected chi connectivity index (χ1v) is 5.92. The van der Waals surface area contributed by atoms with Crippen LogP contribution in [0.3, 0.4) is 0 Å². The molecule has 2 heteroatoms. The topological polar surface area (TPSA) is 24.1 Å². The molecule has 0 aromatic heterocycles. The number of hydrogen-bond donors (Lipinski definition) is 2. The molecule has 0 spiro atoms. The molecule has 0 atom stereocenters. The lowest BCUT2D eigenvalue weighted by atomic mass is 9.95. The Morgan fingerprint density at radius 1 is 0.769 bits per heavy atom. The molecular formula is C11H22N2. The van der Waals surface area contributed by atoms with Gasteiger partial charge in [-0.05, 0) is 12.8 Å². The fourth-order valence-corrected chi connectivity index (χ4v) is 2.36. The molecule has 1 heterocycles. The molecule has 0 aromatic carbocycles. The zero-order valence-electron chi connectivity index (χ0n) is 8.52. The van der Waals surface area contributed by atoms with E-state index in [2.05, 4.69) is 10.6 Å². The Kier molecular flexibility index (Phi) is 3.62. The Morgan fingerprint density at radius 3 is 1.92 bits per heavy atom. The van der Waals surface area contributed by atoms with Crippen LogP contribution >= 0.6 is 0 Å². The van der Waals surface area contributed by atoms with Crippen molar-refractivity contribution in [1.29, 1.82) is 0 Å². The van der Waals surface area contributed by atoms with Crippen molar-refractivity contribution in [3.8, 4) is 0 Å². The first-order valence-electron chi connectivity index (χ1n) is 5.92. The van der Waals surface area contributed by atoms with Crippen LogP contribution in [0.2, 0.25) is 0 Å². The third-order valence-electron chi connectivity index (χ3n) is 3.36. The summed E-state index contributed by atoms with van der Waals surface area (Å²) in [5.74, 6) is 0. The molecule has 0 unspecified atom stereocenters. The summed E-state index contributed by atoms with van der Waals surface area (Å²) in [5, 5.41) is 7.08. The standard InChI is InChI=1S/C11H22N2/c1-2-4-6-10(7-5-3-1)13-11-8-12-9-11/h10-13H,1-9H2. The largest absolute Gasteiger partial charge is 0.314 e. The van der Waals surface area contributed by atoms with Gasteiger partial charge in [-0.2, -0.15) is 0 Å². The predicted molar refractivity (Wildman–Crippen MR) is 55.9 cm³/mol. The summed E-state index contributed by atoms with van der Waals surface area (Å²) in [6.45, 7) is 2.38. The molecule has 1 saturated carbocycles. The van der Waals surface area contributed by atoms with Gasteiger partial charge < -0.3 is 10.6 Å². The van der Waals surface area contributed by atoms with Gasteiger partial charge in [-0.1, -0.05) is 32.1 Å². The minimum absolute atomic E-state index is 0.782. The van der Waals surface area contributed by atoms with E-state index < -0.39 is 0 Å². The number of rotatable bonds is 2. The molecule has 0 bridgehead atoms. The van der Waals surface area contributed by atoms with E-state index in [1.807, 2.05) is 0 Å². The highest BCUT2D eigenvalue weighted by Gasteiger charge is 2.20.